The van der Waals surface area contributed by atoms with E-state index in [4.69, 9.17) is 4.74 Å². The number of hydrazine groups is 1. The van der Waals surface area contributed by atoms with Crippen LogP contribution in [0.3, 0.4) is 0 Å². The zero-order valence-electron chi connectivity index (χ0n) is 22.6. The third kappa shape index (κ3) is 7.84. The van der Waals surface area contributed by atoms with Crippen LogP contribution in [-0.4, -0.2) is 59.2 Å². The summed E-state index contributed by atoms with van der Waals surface area (Å²) in [7, 11) is 1.84. The molecule has 9 heteroatoms. The zero-order valence-corrected chi connectivity index (χ0v) is 22.6. The van der Waals surface area contributed by atoms with Crippen molar-refractivity contribution < 1.29 is 15.8 Å². The molecule has 1 atom stereocenters. The molecule has 0 bridgehead atoms. The quantitative estimate of drug-likeness (QED) is 0.591. The number of aryl methyl sites for hydroxylation is 1. The standard InChI is InChI=1S/C13H19N3O2.C13H15N3O.C2H6.H2/c1-15-12-8-11(7-10-4-6-18-9-10)14-16(12)5-2-3-13(15)17;1-10(2)12(17)13-14-9-16(15-13)8-11-6-4-3-5-7-11;1-2;/h8,10H,2-7,9H2,1H3;3-7H,1,8-9H2,2H3,(H,14,15);1-2H3;1H. The summed E-state index contributed by atoms with van der Waals surface area (Å²) in [6.45, 7) is 13.1. The van der Waals surface area contributed by atoms with Crippen LogP contribution in [0.2, 0.25) is 0 Å². The predicted octanol–water partition coefficient (Wildman–Crippen LogP) is 4.00. The normalized spacial score (nSPS) is 18.9. The molecule has 202 valence electrons. The SMILES string of the molecule is C=C(C)C(=O)C1=NCN(Cc2ccccc2)N1.CC.CN1C(=O)CCCn2nc(CC3CCOC3)cc21.[HH]. The minimum atomic E-state index is -0.124. The van der Waals surface area contributed by atoms with Gasteiger partial charge in [-0.1, -0.05) is 50.8 Å². The first-order chi connectivity index (χ1) is 17.9. The number of aromatic nitrogens is 2. The highest BCUT2D eigenvalue weighted by Gasteiger charge is 2.23. The van der Waals surface area contributed by atoms with E-state index in [0.29, 0.717) is 30.4 Å². The molecule has 0 aliphatic carbocycles. The maximum atomic E-state index is 11.8. The molecule has 3 aliphatic heterocycles. The van der Waals surface area contributed by atoms with E-state index in [9.17, 15) is 9.59 Å². The van der Waals surface area contributed by atoms with Gasteiger partial charge in [-0.25, -0.2) is 9.67 Å². The van der Waals surface area contributed by atoms with Crippen LogP contribution in [0.5, 0.6) is 0 Å². The fourth-order valence-corrected chi connectivity index (χ4v) is 4.30. The highest BCUT2D eigenvalue weighted by Crippen LogP contribution is 2.24. The molecular formula is C28H42N6O3. The molecule has 1 saturated heterocycles. The number of carbonyl (C=O) groups is 2. The van der Waals surface area contributed by atoms with Crippen molar-refractivity contribution in [1.29, 1.82) is 0 Å². The molecule has 0 radical (unpaired) electrons. The minimum Gasteiger partial charge on any atom is -0.381 e. The Kier molecular flexibility index (Phi) is 10.6. The minimum absolute atomic E-state index is 0. The first-order valence-corrected chi connectivity index (χ1v) is 13.1. The predicted molar refractivity (Wildman–Crippen MR) is 148 cm³/mol. The van der Waals surface area contributed by atoms with Crippen molar-refractivity contribution in [3.05, 3.63) is 59.8 Å². The summed E-state index contributed by atoms with van der Waals surface area (Å²) in [6, 6.07) is 12.1. The third-order valence-electron chi connectivity index (χ3n) is 6.29. The summed E-state index contributed by atoms with van der Waals surface area (Å²) >= 11 is 0. The van der Waals surface area contributed by atoms with Gasteiger partial charge in [-0.2, -0.15) is 10.1 Å². The van der Waals surface area contributed by atoms with E-state index in [1.807, 2.05) is 60.9 Å². The van der Waals surface area contributed by atoms with Gasteiger partial charge in [-0.15, -0.1) is 0 Å². The number of amides is 1. The number of fused-ring (bicyclic) bond motifs is 1. The molecule has 9 nitrogen and oxygen atoms in total. The van der Waals surface area contributed by atoms with E-state index in [1.165, 1.54) is 5.56 Å². The van der Waals surface area contributed by atoms with Gasteiger partial charge < -0.3 is 9.64 Å². The summed E-state index contributed by atoms with van der Waals surface area (Å²) in [5.74, 6) is 1.97. The lowest BCUT2D eigenvalue weighted by atomic mass is 10.0. The van der Waals surface area contributed by atoms with E-state index in [2.05, 4.69) is 28.2 Å². The van der Waals surface area contributed by atoms with Crippen LogP contribution in [-0.2, 0) is 33.8 Å². The van der Waals surface area contributed by atoms with Crippen LogP contribution in [0.25, 0.3) is 0 Å². The molecule has 1 amide bonds. The maximum Gasteiger partial charge on any atom is 0.227 e. The zero-order chi connectivity index (χ0) is 26.8. The van der Waals surface area contributed by atoms with E-state index in [1.54, 1.807) is 11.8 Å². The first-order valence-electron chi connectivity index (χ1n) is 13.1. The second kappa shape index (κ2) is 13.9. The van der Waals surface area contributed by atoms with Crippen molar-refractivity contribution in [3.63, 3.8) is 0 Å². The summed E-state index contributed by atoms with van der Waals surface area (Å²) in [6.07, 6.45) is 3.58. The van der Waals surface area contributed by atoms with Gasteiger partial charge in [0.2, 0.25) is 11.7 Å². The molecule has 1 aromatic carbocycles. The molecule has 1 aromatic heterocycles. The fraction of sp³-hybridized carbons (Fsp3) is 0.500. The van der Waals surface area contributed by atoms with Gasteiger partial charge in [0.25, 0.3) is 0 Å². The van der Waals surface area contributed by atoms with E-state index < -0.39 is 0 Å². The van der Waals surface area contributed by atoms with Gasteiger partial charge in [0, 0.05) is 47.3 Å². The Morgan fingerprint density at radius 3 is 2.70 bits per heavy atom. The number of benzene rings is 1. The summed E-state index contributed by atoms with van der Waals surface area (Å²) in [5, 5.41) is 6.52. The number of anilines is 1. The average Bonchev–Trinajstić information content (AvgIpc) is 3.66. The number of hydrogen-bond acceptors (Lipinski definition) is 7. The van der Waals surface area contributed by atoms with Crippen molar-refractivity contribution in [3.8, 4) is 0 Å². The van der Waals surface area contributed by atoms with E-state index in [-0.39, 0.29) is 13.1 Å². The molecular weight excluding hydrogens is 468 g/mol. The molecule has 2 aromatic rings. The van der Waals surface area contributed by atoms with Gasteiger partial charge in [0.05, 0.1) is 5.69 Å². The van der Waals surface area contributed by atoms with Gasteiger partial charge in [0.15, 0.2) is 5.84 Å². The smallest absolute Gasteiger partial charge is 0.227 e. The van der Waals surface area contributed by atoms with Crippen LogP contribution in [0.15, 0.2) is 53.5 Å². The monoisotopic (exact) mass is 510 g/mol. The molecule has 1 fully saturated rings. The molecule has 1 N–H and O–H groups in total. The fourth-order valence-electron chi connectivity index (χ4n) is 4.30. The molecule has 3 aliphatic rings. The number of Topliss-reactive ketones (excluding diaryl/α,β-unsaturated/α-hetero) is 1. The number of hydrogen-bond donors (Lipinski definition) is 1. The number of ether oxygens (including phenoxy) is 1. The number of amidine groups is 1. The third-order valence-corrected chi connectivity index (χ3v) is 6.29. The Morgan fingerprint density at radius 1 is 1.27 bits per heavy atom. The van der Waals surface area contributed by atoms with Crippen molar-refractivity contribution in [2.75, 3.05) is 31.8 Å². The van der Waals surface area contributed by atoms with Gasteiger partial charge >= 0.3 is 0 Å². The molecule has 0 saturated carbocycles. The van der Waals surface area contributed by atoms with Crippen molar-refractivity contribution in [2.24, 2.45) is 10.9 Å². The van der Waals surface area contributed by atoms with Crippen molar-refractivity contribution in [2.45, 2.75) is 59.5 Å². The average molecular weight is 511 g/mol. The van der Waals surface area contributed by atoms with E-state index in [0.717, 1.165) is 57.1 Å². The molecule has 4 heterocycles. The lowest BCUT2D eigenvalue weighted by Crippen LogP contribution is -2.38. The van der Waals surface area contributed by atoms with Gasteiger partial charge in [0.1, 0.15) is 12.5 Å². The van der Waals surface area contributed by atoms with Crippen LogP contribution in [0.4, 0.5) is 5.82 Å². The Balaban J connectivity index is 0.000000245. The number of aliphatic imine (C=N–C) groups is 1. The van der Waals surface area contributed by atoms with E-state index >= 15 is 0 Å². The number of nitrogens with zero attached hydrogens (tertiary/aromatic N) is 5. The maximum absolute atomic E-state index is 11.8. The number of rotatable bonds is 6. The Labute approximate surface area is 221 Å². The molecule has 5 rings (SSSR count). The Hall–Kier alpha value is -3.30. The lowest BCUT2D eigenvalue weighted by Gasteiger charge is -2.15. The number of carbonyl (C=O) groups excluding carboxylic acids is 2. The summed E-state index contributed by atoms with van der Waals surface area (Å²) < 4.78 is 7.36. The largest absolute Gasteiger partial charge is 0.381 e. The second-order valence-corrected chi connectivity index (χ2v) is 9.26. The summed E-state index contributed by atoms with van der Waals surface area (Å²) in [5.41, 5.74) is 5.76. The molecule has 37 heavy (non-hydrogen) atoms. The van der Waals surface area contributed by atoms with Gasteiger partial charge in [-0.3, -0.25) is 15.0 Å². The van der Waals surface area contributed by atoms with Crippen LogP contribution in [0.1, 0.15) is 52.7 Å². The van der Waals surface area contributed by atoms with Crippen molar-refractivity contribution >= 4 is 23.3 Å². The number of ketones is 1. The second-order valence-electron chi connectivity index (χ2n) is 9.26. The van der Waals surface area contributed by atoms with Crippen LogP contribution in [0, 0.1) is 5.92 Å². The molecule has 1 unspecified atom stereocenters. The van der Waals surface area contributed by atoms with Crippen molar-refractivity contribution in [1.82, 2.24) is 20.2 Å². The van der Waals surface area contributed by atoms with Gasteiger partial charge in [-0.05, 0) is 43.2 Å². The Bertz CT molecular complexity index is 1100. The highest BCUT2D eigenvalue weighted by atomic mass is 16.5. The molecule has 0 spiro atoms. The van der Waals surface area contributed by atoms with Crippen LogP contribution >= 0.6 is 0 Å². The first kappa shape index (κ1) is 28.3. The topological polar surface area (TPSA) is 92.1 Å². The lowest BCUT2D eigenvalue weighted by molar-refractivity contribution is -0.118. The summed E-state index contributed by atoms with van der Waals surface area (Å²) in [4.78, 5) is 29.3. The number of nitrogens with one attached hydrogen (secondary N) is 1. The highest BCUT2D eigenvalue weighted by molar-refractivity contribution is 6.44. The Morgan fingerprint density at radius 2 is 2.03 bits per heavy atom. The van der Waals surface area contributed by atoms with Crippen LogP contribution < -0.4 is 10.3 Å².